The van der Waals surface area contributed by atoms with E-state index in [0.29, 0.717) is 5.41 Å². The fourth-order valence-electron chi connectivity index (χ4n) is 5.70. The van der Waals surface area contributed by atoms with Crippen LogP contribution in [0.4, 0.5) is 0 Å². The zero-order valence-electron chi connectivity index (χ0n) is 11.9. The Labute approximate surface area is 115 Å². The maximum absolute atomic E-state index is 5.70. The van der Waals surface area contributed by atoms with Crippen LogP contribution in [-0.2, 0) is 18.9 Å². The Morgan fingerprint density at radius 2 is 1.79 bits per heavy atom. The molecule has 4 aliphatic rings. The van der Waals surface area contributed by atoms with Crippen molar-refractivity contribution in [3.8, 4) is 0 Å². The molecule has 0 aromatic carbocycles. The van der Waals surface area contributed by atoms with Crippen molar-refractivity contribution >= 4 is 0 Å². The fraction of sp³-hybridized carbons (Fsp3) is 0.812. The average molecular weight is 259 g/mol. The molecule has 4 aliphatic carbocycles. The van der Waals surface area contributed by atoms with E-state index < -0.39 is 0 Å². The third-order valence-corrected chi connectivity index (χ3v) is 6.00. The average Bonchev–Trinajstić information content (AvgIpc) is 2.70. The van der Waals surface area contributed by atoms with Gasteiger partial charge in [-0.25, -0.2) is 4.98 Å². The SMILES string of the molecule is Cn1c(CCN)cnc1C12CC3CC(CC(C3)C1)C2. The molecule has 0 atom stereocenters. The summed E-state index contributed by atoms with van der Waals surface area (Å²) in [4.78, 5) is 4.83. The van der Waals surface area contributed by atoms with Gasteiger partial charge in [0.15, 0.2) is 0 Å². The summed E-state index contributed by atoms with van der Waals surface area (Å²) >= 11 is 0. The van der Waals surface area contributed by atoms with Crippen molar-refractivity contribution in [2.75, 3.05) is 6.54 Å². The molecule has 104 valence electrons. The van der Waals surface area contributed by atoms with E-state index >= 15 is 0 Å². The summed E-state index contributed by atoms with van der Waals surface area (Å²) in [5, 5.41) is 0. The molecule has 0 amide bonds. The number of nitrogens with two attached hydrogens (primary N) is 1. The molecular formula is C16H25N3. The van der Waals surface area contributed by atoms with Crippen molar-refractivity contribution in [1.29, 1.82) is 0 Å². The predicted octanol–water partition coefficient (Wildman–Crippen LogP) is 2.39. The van der Waals surface area contributed by atoms with Gasteiger partial charge in [-0.1, -0.05) is 0 Å². The molecule has 3 heteroatoms. The Kier molecular flexibility index (Phi) is 2.57. The van der Waals surface area contributed by atoms with E-state index in [1.165, 1.54) is 50.0 Å². The lowest BCUT2D eigenvalue weighted by molar-refractivity contribution is -0.0106. The zero-order valence-corrected chi connectivity index (χ0v) is 11.9. The van der Waals surface area contributed by atoms with Gasteiger partial charge < -0.3 is 10.3 Å². The Morgan fingerprint density at radius 1 is 1.21 bits per heavy atom. The summed E-state index contributed by atoms with van der Waals surface area (Å²) in [6.45, 7) is 0.722. The molecule has 4 fully saturated rings. The lowest BCUT2D eigenvalue weighted by Gasteiger charge is -2.56. The van der Waals surface area contributed by atoms with Gasteiger partial charge >= 0.3 is 0 Å². The number of rotatable bonds is 3. The van der Waals surface area contributed by atoms with Crippen LogP contribution >= 0.6 is 0 Å². The van der Waals surface area contributed by atoms with Crippen LogP contribution in [0.2, 0.25) is 0 Å². The lowest BCUT2D eigenvalue weighted by atomic mass is 9.49. The van der Waals surface area contributed by atoms with Crippen LogP contribution in [-0.4, -0.2) is 16.1 Å². The molecule has 3 nitrogen and oxygen atoms in total. The minimum absolute atomic E-state index is 0.413. The third kappa shape index (κ3) is 1.70. The van der Waals surface area contributed by atoms with Gasteiger partial charge in [-0.3, -0.25) is 0 Å². The van der Waals surface area contributed by atoms with E-state index in [1.807, 2.05) is 0 Å². The quantitative estimate of drug-likeness (QED) is 0.906. The molecule has 0 spiro atoms. The molecule has 4 bridgehead atoms. The topological polar surface area (TPSA) is 43.8 Å². The minimum atomic E-state index is 0.413. The molecule has 0 saturated heterocycles. The smallest absolute Gasteiger partial charge is 0.114 e. The van der Waals surface area contributed by atoms with Gasteiger partial charge in [0.25, 0.3) is 0 Å². The molecule has 0 aliphatic heterocycles. The molecule has 1 aromatic rings. The van der Waals surface area contributed by atoms with Gasteiger partial charge in [-0.2, -0.15) is 0 Å². The standard InChI is InChI=1S/C16H25N3/c1-19-14(2-3-17)10-18-15(19)16-7-11-4-12(8-16)6-13(5-11)9-16/h10-13H,2-9,17H2,1H3. The van der Waals surface area contributed by atoms with Crippen LogP contribution in [0.25, 0.3) is 0 Å². The van der Waals surface area contributed by atoms with Gasteiger partial charge in [-0.15, -0.1) is 0 Å². The largest absolute Gasteiger partial charge is 0.335 e. The zero-order chi connectivity index (χ0) is 13.0. The van der Waals surface area contributed by atoms with Crippen LogP contribution < -0.4 is 5.73 Å². The summed E-state index contributed by atoms with van der Waals surface area (Å²) in [7, 11) is 2.20. The molecule has 19 heavy (non-hydrogen) atoms. The van der Waals surface area contributed by atoms with Gasteiger partial charge in [-0.05, 0) is 62.8 Å². The highest BCUT2D eigenvalue weighted by molar-refractivity contribution is 5.21. The maximum Gasteiger partial charge on any atom is 0.114 e. The fourth-order valence-corrected chi connectivity index (χ4v) is 5.70. The number of nitrogens with zero attached hydrogens (tertiary/aromatic N) is 2. The summed E-state index contributed by atoms with van der Waals surface area (Å²) in [6.07, 6.45) is 11.7. The first-order valence-corrected chi connectivity index (χ1v) is 7.91. The summed E-state index contributed by atoms with van der Waals surface area (Å²) in [6, 6.07) is 0. The normalized spacial score (nSPS) is 40.0. The Balaban J connectivity index is 1.71. The molecule has 1 heterocycles. The van der Waals surface area contributed by atoms with Crippen molar-refractivity contribution in [1.82, 2.24) is 9.55 Å². The van der Waals surface area contributed by atoms with Gasteiger partial charge in [0, 0.05) is 30.8 Å². The summed E-state index contributed by atoms with van der Waals surface area (Å²) in [5.74, 6) is 4.33. The van der Waals surface area contributed by atoms with Crippen molar-refractivity contribution < 1.29 is 0 Å². The number of aromatic nitrogens is 2. The lowest BCUT2D eigenvalue weighted by Crippen LogP contribution is -2.49. The first-order chi connectivity index (χ1) is 9.20. The summed E-state index contributed by atoms with van der Waals surface area (Å²) < 4.78 is 2.36. The van der Waals surface area contributed by atoms with Gasteiger partial charge in [0.05, 0.1) is 0 Å². The van der Waals surface area contributed by atoms with E-state index in [1.54, 1.807) is 0 Å². The van der Waals surface area contributed by atoms with Crippen molar-refractivity contribution in [2.24, 2.45) is 30.5 Å². The van der Waals surface area contributed by atoms with Crippen molar-refractivity contribution in [2.45, 2.75) is 50.4 Å². The van der Waals surface area contributed by atoms with E-state index in [0.717, 1.165) is 30.7 Å². The van der Waals surface area contributed by atoms with Crippen LogP contribution in [0, 0.1) is 17.8 Å². The maximum atomic E-state index is 5.70. The second-order valence-electron chi connectivity index (χ2n) is 7.37. The van der Waals surface area contributed by atoms with Crippen LogP contribution in [0.15, 0.2) is 6.20 Å². The number of imidazole rings is 1. The highest BCUT2D eigenvalue weighted by Gasteiger charge is 2.53. The van der Waals surface area contributed by atoms with E-state index in [9.17, 15) is 0 Å². The van der Waals surface area contributed by atoms with Crippen LogP contribution in [0.5, 0.6) is 0 Å². The third-order valence-electron chi connectivity index (χ3n) is 6.00. The highest BCUT2D eigenvalue weighted by atomic mass is 15.1. The first-order valence-electron chi connectivity index (χ1n) is 7.91. The van der Waals surface area contributed by atoms with Crippen LogP contribution in [0.3, 0.4) is 0 Å². The highest BCUT2D eigenvalue weighted by Crippen LogP contribution is 2.60. The minimum Gasteiger partial charge on any atom is -0.335 e. The molecule has 0 radical (unpaired) electrons. The van der Waals surface area contributed by atoms with E-state index in [2.05, 4.69) is 17.8 Å². The monoisotopic (exact) mass is 259 g/mol. The molecule has 0 unspecified atom stereocenters. The Bertz CT molecular complexity index is 453. The van der Waals surface area contributed by atoms with Gasteiger partial charge in [0.2, 0.25) is 0 Å². The predicted molar refractivity (Wildman–Crippen MR) is 75.8 cm³/mol. The van der Waals surface area contributed by atoms with E-state index in [4.69, 9.17) is 10.7 Å². The first kappa shape index (κ1) is 12.0. The van der Waals surface area contributed by atoms with Crippen molar-refractivity contribution in [3.63, 3.8) is 0 Å². The van der Waals surface area contributed by atoms with Crippen molar-refractivity contribution in [3.05, 3.63) is 17.7 Å². The Hall–Kier alpha value is -0.830. The number of hydrogen-bond donors (Lipinski definition) is 1. The molecular weight excluding hydrogens is 234 g/mol. The summed E-state index contributed by atoms with van der Waals surface area (Å²) in [5.41, 5.74) is 7.43. The Morgan fingerprint density at radius 3 is 2.32 bits per heavy atom. The molecule has 2 N–H and O–H groups in total. The van der Waals surface area contributed by atoms with Crippen LogP contribution in [0.1, 0.15) is 50.0 Å². The van der Waals surface area contributed by atoms with Gasteiger partial charge in [0.1, 0.15) is 5.82 Å². The molecule has 5 rings (SSSR count). The second-order valence-corrected chi connectivity index (χ2v) is 7.37. The number of hydrogen-bond acceptors (Lipinski definition) is 2. The molecule has 1 aromatic heterocycles. The second kappa shape index (κ2) is 4.08. The van der Waals surface area contributed by atoms with E-state index in [-0.39, 0.29) is 0 Å². The molecule has 4 saturated carbocycles.